The van der Waals surface area contributed by atoms with Crippen LogP contribution in [0.25, 0.3) is 0 Å². The van der Waals surface area contributed by atoms with Crippen LogP contribution in [0, 0.1) is 5.92 Å². The Morgan fingerprint density at radius 3 is 2.33 bits per heavy atom. The van der Waals surface area contributed by atoms with E-state index < -0.39 is 47.8 Å². The third-order valence-electron chi connectivity index (χ3n) is 5.03. The Bertz CT molecular complexity index is 578. The molecule has 1 aliphatic heterocycles. The first-order valence-corrected chi connectivity index (χ1v) is 12.4. The molecule has 0 radical (unpaired) electrons. The van der Waals surface area contributed by atoms with Crippen molar-refractivity contribution in [3.63, 3.8) is 0 Å². The molecule has 1 aliphatic rings. The van der Waals surface area contributed by atoms with E-state index in [-0.39, 0.29) is 11.5 Å². The van der Waals surface area contributed by atoms with Crippen LogP contribution in [-0.2, 0) is 28.3 Å². The van der Waals surface area contributed by atoms with Crippen LogP contribution in [0.3, 0.4) is 0 Å². The summed E-state index contributed by atoms with van der Waals surface area (Å²) in [6, 6.07) is 0. The van der Waals surface area contributed by atoms with Crippen LogP contribution in [0.4, 0.5) is 0 Å². The zero-order valence-electron chi connectivity index (χ0n) is 15.7. The van der Waals surface area contributed by atoms with Gasteiger partial charge in [0.1, 0.15) is 11.4 Å². The highest BCUT2D eigenvalue weighted by molar-refractivity contribution is 7.87. The third kappa shape index (κ3) is 4.47. The van der Waals surface area contributed by atoms with Crippen molar-refractivity contribution in [2.75, 3.05) is 7.11 Å². The van der Waals surface area contributed by atoms with Crippen LogP contribution in [-0.4, -0.2) is 47.3 Å². The lowest BCUT2D eigenvalue weighted by Crippen LogP contribution is -2.47. The summed E-state index contributed by atoms with van der Waals surface area (Å²) in [5.74, 6) is -1.04. The number of esters is 1. The van der Waals surface area contributed by atoms with Gasteiger partial charge in [0, 0.05) is 5.92 Å². The average Bonchev–Trinajstić information content (AvgIpc) is 2.67. The van der Waals surface area contributed by atoms with Gasteiger partial charge in [-0.1, -0.05) is 26.8 Å². The van der Waals surface area contributed by atoms with Crippen LogP contribution in [0.5, 0.6) is 0 Å². The predicted octanol–water partition coefficient (Wildman–Crippen LogP) is 2.86. The predicted molar refractivity (Wildman–Crippen MR) is 95.6 cm³/mol. The Labute approximate surface area is 146 Å². The normalized spacial score (nSPS) is 28.4. The van der Waals surface area contributed by atoms with Gasteiger partial charge in [-0.25, -0.2) is 0 Å². The summed E-state index contributed by atoms with van der Waals surface area (Å²) in [5, 5.41) is -0.957. The molecule has 1 saturated heterocycles. The fourth-order valence-electron chi connectivity index (χ4n) is 2.63. The molecule has 2 unspecified atom stereocenters. The van der Waals surface area contributed by atoms with Gasteiger partial charge in [0.15, 0.2) is 8.32 Å². The van der Waals surface area contributed by atoms with Crippen molar-refractivity contribution in [2.45, 2.75) is 69.7 Å². The Morgan fingerprint density at radius 1 is 1.38 bits per heavy atom. The second-order valence-electron chi connectivity index (χ2n) is 7.78. The van der Waals surface area contributed by atoms with Crippen molar-refractivity contribution < 1.29 is 26.6 Å². The lowest BCUT2D eigenvalue weighted by Gasteiger charge is -2.40. The first-order chi connectivity index (χ1) is 10.8. The topological polar surface area (TPSA) is 78.9 Å². The Hall–Kier alpha value is -0.703. The van der Waals surface area contributed by atoms with Crippen molar-refractivity contribution in [3.05, 3.63) is 12.7 Å². The zero-order valence-corrected chi connectivity index (χ0v) is 17.5. The molecule has 6 nitrogen and oxygen atoms in total. The maximum atomic E-state index is 12.3. The van der Waals surface area contributed by atoms with Crippen molar-refractivity contribution in [1.82, 2.24) is 0 Å². The SMILES string of the molecule is C=CC1C(CC(=O)OC)[C@@H]([C@@H](C)O[Si](C)(C)C(C)(C)C)OS1(=O)=O. The van der Waals surface area contributed by atoms with Crippen LogP contribution in [0.2, 0.25) is 18.1 Å². The van der Waals surface area contributed by atoms with Gasteiger partial charge in [0.05, 0.1) is 19.6 Å². The number of hydrogen-bond acceptors (Lipinski definition) is 6. The third-order valence-corrected chi connectivity index (χ3v) is 11.3. The van der Waals surface area contributed by atoms with Gasteiger partial charge in [-0.15, -0.1) is 6.58 Å². The van der Waals surface area contributed by atoms with Crippen LogP contribution in [0.1, 0.15) is 34.1 Å². The fraction of sp³-hybridized carbons (Fsp3) is 0.812. The summed E-state index contributed by atoms with van der Waals surface area (Å²) < 4.78 is 40.8. The van der Waals surface area contributed by atoms with Crippen LogP contribution >= 0.6 is 0 Å². The molecule has 0 aromatic heterocycles. The minimum absolute atomic E-state index is 0.0194. The van der Waals surface area contributed by atoms with Crippen molar-refractivity contribution >= 4 is 24.4 Å². The molecule has 0 aromatic rings. The minimum Gasteiger partial charge on any atom is -0.469 e. The molecule has 1 rings (SSSR count). The smallest absolute Gasteiger partial charge is 0.305 e. The monoisotopic (exact) mass is 378 g/mol. The fourth-order valence-corrected chi connectivity index (χ4v) is 5.70. The number of carbonyl (C=O) groups is 1. The number of ether oxygens (including phenoxy) is 1. The maximum Gasteiger partial charge on any atom is 0.305 e. The molecule has 0 aliphatic carbocycles. The van der Waals surface area contributed by atoms with E-state index in [1.807, 2.05) is 0 Å². The molecule has 0 N–H and O–H groups in total. The highest BCUT2D eigenvalue weighted by Gasteiger charge is 2.51. The van der Waals surface area contributed by atoms with E-state index in [1.165, 1.54) is 13.2 Å². The van der Waals surface area contributed by atoms with Gasteiger partial charge in [0.25, 0.3) is 10.1 Å². The van der Waals surface area contributed by atoms with E-state index in [1.54, 1.807) is 6.92 Å². The molecule has 0 spiro atoms. The van der Waals surface area contributed by atoms with Gasteiger partial charge >= 0.3 is 5.97 Å². The summed E-state index contributed by atoms with van der Waals surface area (Å²) in [6.45, 7) is 15.9. The standard InChI is InChI=1S/C16H30O6SSi/c1-9-13-12(10-14(17)20-6)15(21-23(13,18)19)11(2)22-24(7,8)16(3,4)5/h9,11-13,15H,1,10H2,2-8H3/t11-,12?,13?,15-/m1/s1. The first-order valence-electron chi connectivity index (χ1n) is 8.06. The second-order valence-corrected chi connectivity index (χ2v) is 14.3. The van der Waals surface area contributed by atoms with Gasteiger partial charge in [-0.05, 0) is 25.1 Å². The molecule has 1 heterocycles. The van der Waals surface area contributed by atoms with E-state index >= 15 is 0 Å². The van der Waals surface area contributed by atoms with E-state index in [0.717, 1.165) is 0 Å². The molecule has 0 aromatic carbocycles. The van der Waals surface area contributed by atoms with Crippen molar-refractivity contribution in [2.24, 2.45) is 5.92 Å². The minimum atomic E-state index is -3.82. The number of rotatable bonds is 6. The summed E-state index contributed by atoms with van der Waals surface area (Å²) in [7, 11) is -4.65. The van der Waals surface area contributed by atoms with E-state index in [2.05, 4.69) is 40.4 Å². The van der Waals surface area contributed by atoms with Gasteiger partial charge in [0.2, 0.25) is 0 Å². The number of carbonyl (C=O) groups excluding carboxylic acids is 1. The lowest BCUT2D eigenvalue weighted by atomic mass is 9.91. The van der Waals surface area contributed by atoms with Gasteiger partial charge in [-0.3, -0.25) is 8.98 Å². The molecule has 140 valence electrons. The molecule has 4 atom stereocenters. The Balaban J connectivity index is 3.09. The second kappa shape index (κ2) is 7.27. The molecular weight excluding hydrogens is 348 g/mol. The summed E-state index contributed by atoms with van der Waals surface area (Å²) in [4.78, 5) is 11.7. The van der Waals surface area contributed by atoms with Crippen LogP contribution in [0.15, 0.2) is 12.7 Å². The number of hydrogen-bond donors (Lipinski definition) is 0. The number of methoxy groups -OCH3 is 1. The van der Waals surface area contributed by atoms with Gasteiger partial charge < -0.3 is 9.16 Å². The van der Waals surface area contributed by atoms with E-state index in [9.17, 15) is 13.2 Å². The highest BCUT2D eigenvalue weighted by atomic mass is 32.2. The quantitative estimate of drug-likeness (QED) is 0.306. The maximum absolute atomic E-state index is 12.3. The molecule has 0 bridgehead atoms. The van der Waals surface area contributed by atoms with Crippen molar-refractivity contribution in [1.29, 1.82) is 0 Å². The zero-order chi connectivity index (χ0) is 18.9. The summed E-state index contributed by atoms with van der Waals surface area (Å²) in [6.07, 6.45) is 0.0797. The van der Waals surface area contributed by atoms with Crippen molar-refractivity contribution in [3.8, 4) is 0 Å². The molecule has 0 saturated carbocycles. The summed E-state index contributed by atoms with van der Waals surface area (Å²) in [5.41, 5.74) is 0. The van der Waals surface area contributed by atoms with Gasteiger partial charge in [-0.2, -0.15) is 8.42 Å². The Morgan fingerprint density at radius 2 is 1.92 bits per heavy atom. The molecule has 1 fully saturated rings. The highest BCUT2D eigenvalue weighted by Crippen LogP contribution is 2.41. The van der Waals surface area contributed by atoms with E-state index in [4.69, 9.17) is 13.3 Å². The molecule has 24 heavy (non-hydrogen) atoms. The Kier molecular flexibility index (Phi) is 6.46. The molecular formula is C16H30O6SSi. The van der Waals surface area contributed by atoms with Crippen LogP contribution < -0.4 is 0 Å². The summed E-state index contributed by atoms with van der Waals surface area (Å²) >= 11 is 0. The lowest BCUT2D eigenvalue weighted by molar-refractivity contribution is -0.142. The molecule has 0 amide bonds. The first kappa shape index (κ1) is 21.3. The molecule has 8 heteroatoms. The average molecular weight is 379 g/mol. The largest absolute Gasteiger partial charge is 0.469 e. The van der Waals surface area contributed by atoms with E-state index in [0.29, 0.717) is 0 Å².